The first-order valence-corrected chi connectivity index (χ1v) is 6.49. The summed E-state index contributed by atoms with van der Waals surface area (Å²) in [7, 11) is 0. The van der Waals surface area contributed by atoms with E-state index in [-0.39, 0.29) is 0 Å². The molecule has 0 fully saturated rings. The normalized spacial score (nSPS) is 16.1. The van der Waals surface area contributed by atoms with E-state index in [0.717, 1.165) is 19.5 Å². The summed E-state index contributed by atoms with van der Waals surface area (Å²) in [6.07, 6.45) is 0.790. The van der Waals surface area contributed by atoms with Crippen LogP contribution < -0.4 is 5.32 Å². The Balaban J connectivity index is 3.79. The minimum Gasteiger partial charge on any atom is -0.389 e. The molecule has 0 aliphatic rings. The molecule has 0 spiro atoms. The van der Waals surface area contributed by atoms with E-state index in [0.29, 0.717) is 18.6 Å². The van der Waals surface area contributed by atoms with Gasteiger partial charge in [-0.05, 0) is 41.0 Å². The fourth-order valence-electron chi connectivity index (χ4n) is 1.80. The van der Waals surface area contributed by atoms with E-state index in [1.54, 1.807) is 0 Å². The molecule has 0 amide bonds. The summed E-state index contributed by atoms with van der Waals surface area (Å²) >= 11 is 0. The van der Waals surface area contributed by atoms with Gasteiger partial charge in [-0.1, -0.05) is 6.92 Å². The Morgan fingerprint density at radius 3 is 2.06 bits per heavy atom. The van der Waals surface area contributed by atoms with Gasteiger partial charge >= 0.3 is 0 Å². The number of rotatable bonds is 8. The lowest BCUT2D eigenvalue weighted by Gasteiger charge is -2.31. The summed E-state index contributed by atoms with van der Waals surface area (Å²) in [5, 5.41) is 13.2. The zero-order chi connectivity index (χ0) is 12.8. The van der Waals surface area contributed by atoms with Gasteiger partial charge < -0.3 is 10.4 Å². The first-order valence-electron chi connectivity index (χ1n) is 6.49. The van der Waals surface area contributed by atoms with Crippen molar-refractivity contribution in [1.29, 1.82) is 0 Å². The van der Waals surface area contributed by atoms with E-state index >= 15 is 0 Å². The second-order valence-corrected chi connectivity index (χ2v) is 5.45. The lowest BCUT2D eigenvalue weighted by atomic mass is 10.0. The van der Waals surface area contributed by atoms with Gasteiger partial charge in [0, 0.05) is 31.7 Å². The van der Waals surface area contributed by atoms with Crippen LogP contribution in [0.1, 0.15) is 48.0 Å². The van der Waals surface area contributed by atoms with E-state index in [4.69, 9.17) is 0 Å². The Labute approximate surface area is 101 Å². The zero-order valence-electron chi connectivity index (χ0n) is 11.9. The molecule has 0 aliphatic carbocycles. The molecule has 0 aromatic heterocycles. The van der Waals surface area contributed by atoms with Crippen molar-refractivity contribution in [3.8, 4) is 0 Å². The first-order chi connectivity index (χ1) is 7.30. The highest BCUT2D eigenvalue weighted by atomic mass is 16.3. The summed E-state index contributed by atoms with van der Waals surface area (Å²) in [5.41, 5.74) is -0.569. The van der Waals surface area contributed by atoms with Crippen LogP contribution in [0.25, 0.3) is 0 Å². The second kappa shape index (κ2) is 7.25. The third kappa shape index (κ3) is 6.46. The molecule has 0 bridgehead atoms. The van der Waals surface area contributed by atoms with Gasteiger partial charge in [0.05, 0.1) is 5.60 Å². The molecule has 0 radical (unpaired) electrons. The van der Waals surface area contributed by atoms with E-state index < -0.39 is 5.60 Å². The molecule has 3 heteroatoms. The van der Waals surface area contributed by atoms with Crippen LogP contribution in [-0.4, -0.2) is 47.3 Å². The van der Waals surface area contributed by atoms with Crippen LogP contribution in [0.5, 0.6) is 0 Å². The van der Waals surface area contributed by atoms with E-state index in [1.165, 1.54) is 0 Å². The van der Waals surface area contributed by atoms with Crippen molar-refractivity contribution in [2.24, 2.45) is 0 Å². The molecule has 16 heavy (non-hydrogen) atoms. The topological polar surface area (TPSA) is 35.5 Å². The molecule has 0 aliphatic heterocycles. The van der Waals surface area contributed by atoms with Crippen LogP contribution in [0.4, 0.5) is 0 Å². The van der Waals surface area contributed by atoms with Crippen LogP contribution >= 0.6 is 0 Å². The standard InChI is InChI=1S/C13H30N2O/c1-7-13(6,16)10-14-8-9-15(11(2)3)12(4)5/h11-12,14,16H,7-10H2,1-6H3. The first kappa shape index (κ1) is 15.9. The Morgan fingerprint density at radius 2 is 1.69 bits per heavy atom. The van der Waals surface area contributed by atoms with Gasteiger partial charge in [-0.2, -0.15) is 0 Å². The minimum absolute atomic E-state index is 0.569. The lowest BCUT2D eigenvalue weighted by Crippen LogP contribution is -2.44. The highest BCUT2D eigenvalue weighted by Gasteiger charge is 2.17. The maximum Gasteiger partial charge on any atom is 0.0740 e. The SMILES string of the molecule is CCC(C)(O)CNCCN(C(C)C)C(C)C. The molecule has 1 unspecified atom stereocenters. The number of aliphatic hydroxyl groups is 1. The Bertz CT molecular complexity index is 171. The maximum atomic E-state index is 9.83. The van der Waals surface area contributed by atoms with Gasteiger partial charge in [-0.15, -0.1) is 0 Å². The Kier molecular flexibility index (Phi) is 7.20. The fraction of sp³-hybridized carbons (Fsp3) is 1.00. The number of hydrogen-bond acceptors (Lipinski definition) is 3. The van der Waals surface area contributed by atoms with Gasteiger partial charge in [0.2, 0.25) is 0 Å². The molecule has 1 atom stereocenters. The van der Waals surface area contributed by atoms with Gasteiger partial charge in [0.25, 0.3) is 0 Å². The molecule has 0 saturated heterocycles. The lowest BCUT2D eigenvalue weighted by molar-refractivity contribution is 0.0545. The molecule has 0 heterocycles. The van der Waals surface area contributed by atoms with Gasteiger partial charge in [-0.25, -0.2) is 0 Å². The fourth-order valence-corrected chi connectivity index (χ4v) is 1.80. The predicted molar refractivity (Wildman–Crippen MR) is 70.8 cm³/mol. The third-order valence-corrected chi connectivity index (χ3v) is 3.14. The summed E-state index contributed by atoms with van der Waals surface area (Å²) < 4.78 is 0. The quantitative estimate of drug-likeness (QED) is 0.625. The summed E-state index contributed by atoms with van der Waals surface area (Å²) in [6, 6.07) is 1.15. The Hall–Kier alpha value is -0.120. The molecule has 0 rings (SSSR count). The third-order valence-electron chi connectivity index (χ3n) is 3.14. The van der Waals surface area contributed by atoms with E-state index in [1.807, 2.05) is 13.8 Å². The predicted octanol–water partition coefficient (Wildman–Crippen LogP) is 1.86. The summed E-state index contributed by atoms with van der Waals surface area (Å²) in [6.45, 7) is 15.4. The molecular formula is C13H30N2O. The molecule has 3 nitrogen and oxygen atoms in total. The van der Waals surface area contributed by atoms with Crippen molar-refractivity contribution in [2.75, 3.05) is 19.6 Å². The second-order valence-electron chi connectivity index (χ2n) is 5.45. The van der Waals surface area contributed by atoms with Crippen molar-refractivity contribution in [3.05, 3.63) is 0 Å². The summed E-state index contributed by atoms with van der Waals surface area (Å²) in [5.74, 6) is 0. The minimum atomic E-state index is -0.569. The van der Waals surface area contributed by atoms with E-state index in [2.05, 4.69) is 37.9 Å². The van der Waals surface area contributed by atoms with Gasteiger partial charge in [0.1, 0.15) is 0 Å². The van der Waals surface area contributed by atoms with Crippen molar-refractivity contribution < 1.29 is 5.11 Å². The molecule has 2 N–H and O–H groups in total. The van der Waals surface area contributed by atoms with Crippen LogP contribution in [-0.2, 0) is 0 Å². The van der Waals surface area contributed by atoms with Gasteiger partial charge in [0.15, 0.2) is 0 Å². The highest BCUT2D eigenvalue weighted by Crippen LogP contribution is 2.06. The molecular weight excluding hydrogens is 200 g/mol. The van der Waals surface area contributed by atoms with Crippen molar-refractivity contribution >= 4 is 0 Å². The van der Waals surface area contributed by atoms with Crippen molar-refractivity contribution in [2.45, 2.75) is 65.6 Å². The molecule has 0 saturated carbocycles. The van der Waals surface area contributed by atoms with Crippen molar-refractivity contribution in [3.63, 3.8) is 0 Å². The molecule has 98 valence electrons. The Morgan fingerprint density at radius 1 is 1.19 bits per heavy atom. The highest BCUT2D eigenvalue weighted by molar-refractivity contribution is 4.74. The number of nitrogens with zero attached hydrogens (tertiary/aromatic N) is 1. The average Bonchev–Trinajstić information content (AvgIpc) is 2.16. The number of nitrogens with one attached hydrogen (secondary N) is 1. The van der Waals surface area contributed by atoms with Crippen LogP contribution in [0.2, 0.25) is 0 Å². The molecule has 0 aromatic carbocycles. The smallest absolute Gasteiger partial charge is 0.0740 e. The van der Waals surface area contributed by atoms with Crippen LogP contribution in [0.3, 0.4) is 0 Å². The van der Waals surface area contributed by atoms with Gasteiger partial charge in [-0.3, -0.25) is 4.90 Å². The van der Waals surface area contributed by atoms with Crippen LogP contribution in [0.15, 0.2) is 0 Å². The maximum absolute atomic E-state index is 9.83. The molecule has 0 aromatic rings. The number of hydrogen-bond donors (Lipinski definition) is 2. The average molecular weight is 230 g/mol. The zero-order valence-corrected chi connectivity index (χ0v) is 11.9. The van der Waals surface area contributed by atoms with Crippen LogP contribution in [0, 0.1) is 0 Å². The monoisotopic (exact) mass is 230 g/mol. The van der Waals surface area contributed by atoms with E-state index in [9.17, 15) is 5.11 Å². The summed E-state index contributed by atoms with van der Waals surface area (Å²) in [4.78, 5) is 2.45. The van der Waals surface area contributed by atoms with Crippen molar-refractivity contribution in [1.82, 2.24) is 10.2 Å². The largest absolute Gasteiger partial charge is 0.389 e.